The number of hydrogen-bond donors (Lipinski definition) is 3. The molecule has 8 nitrogen and oxygen atoms in total. The highest BCUT2D eigenvalue weighted by Crippen LogP contribution is 2.52. The van der Waals surface area contributed by atoms with Crippen LogP contribution in [0, 0.1) is 21.3 Å². The first-order chi connectivity index (χ1) is 23.0. The Labute approximate surface area is 292 Å². The van der Waals surface area contributed by atoms with Crippen LogP contribution in [0.25, 0.3) is 6.08 Å². The van der Waals surface area contributed by atoms with Crippen molar-refractivity contribution in [1.82, 2.24) is 0 Å². The molecule has 2 amide bonds. The number of phenols is 1. The molecule has 0 aromatic heterocycles. The normalized spacial score (nSPS) is 23.3. The number of aliphatic hydroxyl groups is 1. The van der Waals surface area contributed by atoms with Crippen molar-refractivity contribution < 1.29 is 60.6 Å². The second kappa shape index (κ2) is 14.3. The molecule has 3 N–H and O–H groups in total. The Morgan fingerprint density at radius 2 is 1.69 bits per heavy atom. The number of benzene rings is 2. The molecule has 49 heavy (non-hydrogen) atoms. The smallest absolute Gasteiger partial charge is 0.455 e. The van der Waals surface area contributed by atoms with Crippen molar-refractivity contribution >= 4 is 53.3 Å². The first-order valence-corrected chi connectivity index (χ1v) is 16.7. The zero-order valence-corrected chi connectivity index (χ0v) is 28.5. The maximum Gasteiger partial charge on any atom is 0.455 e. The average Bonchev–Trinajstić information content (AvgIpc) is 3.28. The molecule has 3 aliphatic rings. The third-order valence-corrected chi connectivity index (χ3v) is 10.1. The molecule has 2 fully saturated rings. The summed E-state index contributed by atoms with van der Waals surface area (Å²) in [6, 6.07) is 4.09. The molecule has 0 radical (unpaired) electrons. The van der Waals surface area contributed by atoms with Gasteiger partial charge in [0.05, 0.1) is 52.0 Å². The van der Waals surface area contributed by atoms with Gasteiger partial charge < -0.3 is 24.6 Å². The SMILES string of the molecule is CCC/C(=C\c1cc(I)c(O)c(OC)c1)CC[C@H]1OB(O)C[C@H]2C1=C(CO)C[C@H]1C(=O)N(c3cc(C(F)(F)F)cc(C(F)(F)F)c3)C(=O)[C@H]12. The molecule has 0 spiro atoms. The molecule has 4 atom stereocenters. The molecule has 0 saturated carbocycles. The lowest BCUT2D eigenvalue weighted by Crippen LogP contribution is -2.46. The summed E-state index contributed by atoms with van der Waals surface area (Å²) in [5.74, 6) is -4.85. The fourth-order valence-corrected chi connectivity index (χ4v) is 7.83. The minimum absolute atomic E-state index is 0.0133. The van der Waals surface area contributed by atoms with E-state index in [0.717, 1.165) is 17.6 Å². The van der Waals surface area contributed by atoms with Gasteiger partial charge in [-0.1, -0.05) is 25.0 Å². The van der Waals surface area contributed by atoms with E-state index in [0.29, 0.717) is 56.8 Å². The summed E-state index contributed by atoms with van der Waals surface area (Å²) in [6.45, 7) is 1.47. The van der Waals surface area contributed by atoms with Crippen LogP contribution in [0.4, 0.5) is 32.0 Å². The van der Waals surface area contributed by atoms with Crippen LogP contribution in [0.2, 0.25) is 6.32 Å². The molecular formula is C33H33BF6INO7. The molecule has 16 heteroatoms. The summed E-state index contributed by atoms with van der Waals surface area (Å²) in [4.78, 5) is 27.9. The van der Waals surface area contributed by atoms with E-state index in [1.807, 2.05) is 35.6 Å². The standard InChI is InChI=1S/C33H33BF6INO7/c1-3-4-16(7-17-8-24(41)29(44)26(9-17)48-2)5-6-25-27-18(15-43)10-22-28(23(27)14-34(47)49-25)31(46)42(30(22)45)21-12-19(32(35,36)37)11-20(13-21)33(38,39)40/h7-9,11-13,22-23,25,28,43-44,47H,3-6,10,14-15H2,1-2H3/b16-7+/t22-,23+,25-,28-/m1/s1. The maximum absolute atomic E-state index is 13.9. The van der Waals surface area contributed by atoms with Crippen molar-refractivity contribution in [3.8, 4) is 11.5 Å². The third kappa shape index (κ3) is 7.52. The highest BCUT2D eigenvalue weighted by Gasteiger charge is 2.58. The van der Waals surface area contributed by atoms with E-state index in [-0.39, 0.29) is 24.6 Å². The molecule has 2 aromatic carbocycles. The number of fused-ring (bicyclic) bond motifs is 3. The van der Waals surface area contributed by atoms with E-state index < -0.39 is 78.6 Å². The van der Waals surface area contributed by atoms with E-state index in [1.165, 1.54) is 7.11 Å². The largest absolute Gasteiger partial charge is 0.504 e. The molecule has 0 unspecified atom stereocenters. The maximum atomic E-state index is 13.9. The fourth-order valence-electron chi connectivity index (χ4n) is 7.21. The van der Waals surface area contributed by atoms with Crippen LogP contribution in [0.15, 0.2) is 47.1 Å². The summed E-state index contributed by atoms with van der Waals surface area (Å²) in [5, 5.41) is 31.4. The Morgan fingerprint density at radius 3 is 2.27 bits per heavy atom. The average molecular weight is 807 g/mol. The zero-order valence-electron chi connectivity index (χ0n) is 26.4. The van der Waals surface area contributed by atoms with Gasteiger partial charge in [-0.3, -0.25) is 9.59 Å². The molecule has 1 aliphatic carbocycles. The van der Waals surface area contributed by atoms with Gasteiger partial charge in [-0.25, -0.2) is 4.90 Å². The van der Waals surface area contributed by atoms with Crippen LogP contribution in [0.3, 0.4) is 0 Å². The second-order valence-electron chi connectivity index (χ2n) is 12.4. The van der Waals surface area contributed by atoms with Gasteiger partial charge in [-0.15, -0.1) is 0 Å². The van der Waals surface area contributed by atoms with Crippen LogP contribution < -0.4 is 9.64 Å². The lowest BCUT2D eigenvalue weighted by Gasteiger charge is -2.43. The van der Waals surface area contributed by atoms with Crippen LogP contribution in [-0.4, -0.2) is 54.0 Å². The number of ether oxygens (including phenoxy) is 1. The number of methoxy groups -OCH3 is 1. The first kappa shape index (κ1) is 37.2. The van der Waals surface area contributed by atoms with Gasteiger partial charge in [0.2, 0.25) is 11.8 Å². The minimum atomic E-state index is -5.19. The van der Waals surface area contributed by atoms with Crippen molar-refractivity contribution in [1.29, 1.82) is 0 Å². The van der Waals surface area contributed by atoms with Crippen LogP contribution >= 0.6 is 22.6 Å². The number of aliphatic hydroxyl groups excluding tert-OH is 1. The van der Waals surface area contributed by atoms with Crippen molar-refractivity contribution in [2.75, 3.05) is 18.6 Å². The summed E-state index contributed by atoms with van der Waals surface area (Å²) in [6.07, 6.45) is -7.31. The number of alkyl halides is 6. The number of carbonyl (C=O) groups excluding carboxylic acids is 2. The summed E-state index contributed by atoms with van der Waals surface area (Å²) in [7, 11) is 0.0530. The highest BCUT2D eigenvalue weighted by molar-refractivity contribution is 14.1. The summed E-state index contributed by atoms with van der Waals surface area (Å²) in [5.41, 5.74) is -1.52. The number of carbonyl (C=O) groups is 2. The summed E-state index contributed by atoms with van der Waals surface area (Å²) >= 11 is 1.99. The quantitative estimate of drug-likeness (QED) is 0.0822. The van der Waals surface area contributed by atoms with E-state index >= 15 is 0 Å². The Bertz CT molecular complexity index is 1660. The van der Waals surface area contributed by atoms with Gasteiger partial charge >= 0.3 is 19.5 Å². The Morgan fingerprint density at radius 1 is 1.04 bits per heavy atom. The molecule has 5 rings (SSSR count). The van der Waals surface area contributed by atoms with E-state index in [2.05, 4.69) is 0 Å². The monoisotopic (exact) mass is 807 g/mol. The topological polar surface area (TPSA) is 117 Å². The van der Waals surface area contributed by atoms with E-state index in [4.69, 9.17) is 9.39 Å². The molecule has 2 heterocycles. The number of imide groups is 1. The predicted molar refractivity (Wildman–Crippen MR) is 175 cm³/mol. The van der Waals surface area contributed by atoms with Crippen molar-refractivity contribution in [2.24, 2.45) is 17.8 Å². The number of amides is 2. The number of rotatable bonds is 9. The van der Waals surface area contributed by atoms with Crippen molar-refractivity contribution in [3.63, 3.8) is 0 Å². The molecule has 2 aromatic rings. The van der Waals surface area contributed by atoms with Crippen LogP contribution in [0.1, 0.15) is 55.7 Å². The fraction of sp³-hybridized carbons (Fsp3) is 0.455. The lowest BCUT2D eigenvalue weighted by molar-refractivity contribution is -0.143. The van der Waals surface area contributed by atoms with Gasteiger partial charge in [0.1, 0.15) is 0 Å². The number of allylic oxidation sites excluding steroid dienone is 1. The van der Waals surface area contributed by atoms with Gasteiger partial charge in [0.15, 0.2) is 11.5 Å². The van der Waals surface area contributed by atoms with E-state index in [1.54, 1.807) is 12.1 Å². The Balaban J connectivity index is 1.47. The van der Waals surface area contributed by atoms with Crippen LogP contribution in [0.5, 0.6) is 11.5 Å². The summed E-state index contributed by atoms with van der Waals surface area (Å²) < 4.78 is 93.6. The van der Waals surface area contributed by atoms with Gasteiger partial charge in [0.25, 0.3) is 0 Å². The van der Waals surface area contributed by atoms with Crippen molar-refractivity contribution in [2.45, 2.75) is 63.8 Å². The zero-order chi connectivity index (χ0) is 36.0. The molecule has 2 saturated heterocycles. The molecule has 0 bridgehead atoms. The number of nitrogens with zero attached hydrogens (tertiary/aromatic N) is 1. The van der Waals surface area contributed by atoms with Crippen molar-refractivity contribution in [3.05, 3.63) is 67.3 Å². The number of phenolic OH excluding ortho intramolecular Hbond substituents is 1. The Kier molecular flexibility index (Phi) is 10.8. The number of hydrogen-bond acceptors (Lipinski definition) is 7. The number of anilines is 1. The van der Waals surface area contributed by atoms with Gasteiger partial charge in [0, 0.05) is 0 Å². The Hall–Kier alpha value is -3.09. The van der Waals surface area contributed by atoms with E-state index in [9.17, 15) is 51.2 Å². The van der Waals surface area contributed by atoms with Gasteiger partial charge in [-0.2, -0.15) is 26.3 Å². The minimum Gasteiger partial charge on any atom is -0.504 e. The lowest BCUT2D eigenvalue weighted by atomic mass is 9.58. The highest BCUT2D eigenvalue weighted by atomic mass is 127. The molecule has 2 aliphatic heterocycles. The molecular weight excluding hydrogens is 774 g/mol. The van der Waals surface area contributed by atoms with Crippen LogP contribution in [-0.2, 0) is 26.6 Å². The van der Waals surface area contributed by atoms with Gasteiger partial charge in [-0.05, 0) is 108 Å². The predicted octanol–water partition coefficient (Wildman–Crippen LogP) is 7.00. The molecule has 264 valence electrons. The number of aromatic hydroxyl groups is 1. The second-order valence-corrected chi connectivity index (χ2v) is 13.6. The first-order valence-electron chi connectivity index (χ1n) is 15.6. The number of halogens is 7. The third-order valence-electron chi connectivity index (χ3n) is 9.27.